The second kappa shape index (κ2) is 4.97. The molecule has 1 aromatic carbocycles. The molecule has 1 aliphatic rings. The van der Waals surface area contributed by atoms with Crippen molar-refractivity contribution < 1.29 is 13.9 Å². The van der Waals surface area contributed by atoms with Gasteiger partial charge in [0, 0.05) is 17.8 Å². The molecule has 1 fully saturated rings. The summed E-state index contributed by atoms with van der Waals surface area (Å²) in [7, 11) is 0. The second-order valence-electron chi connectivity index (χ2n) is 4.63. The zero-order valence-electron chi connectivity index (χ0n) is 10.6. The molecular formula is C15H14FNO2. The number of hydrogen-bond donors (Lipinski definition) is 0. The van der Waals surface area contributed by atoms with Crippen LogP contribution in [0.4, 0.5) is 4.39 Å². The lowest BCUT2D eigenvalue weighted by molar-refractivity contribution is 0.264. The van der Waals surface area contributed by atoms with Crippen molar-refractivity contribution in [2.24, 2.45) is 0 Å². The van der Waals surface area contributed by atoms with Gasteiger partial charge in [-0.25, -0.2) is 4.98 Å². The summed E-state index contributed by atoms with van der Waals surface area (Å²) in [6.07, 6.45) is 1.66. The summed E-state index contributed by atoms with van der Waals surface area (Å²) in [6, 6.07) is 9.06. The van der Waals surface area contributed by atoms with Crippen molar-refractivity contribution in [3.63, 3.8) is 0 Å². The Hall–Kier alpha value is -1.94. The van der Waals surface area contributed by atoms with Crippen LogP contribution in [0.2, 0.25) is 0 Å². The number of epoxide rings is 1. The molecule has 3 rings (SSSR count). The quantitative estimate of drug-likeness (QED) is 0.625. The third-order valence-corrected chi connectivity index (χ3v) is 3.00. The van der Waals surface area contributed by atoms with Gasteiger partial charge >= 0.3 is 0 Å². The Morgan fingerprint density at radius 3 is 2.95 bits per heavy atom. The summed E-state index contributed by atoms with van der Waals surface area (Å²) < 4.78 is 24.1. The first-order valence-corrected chi connectivity index (χ1v) is 6.19. The summed E-state index contributed by atoms with van der Waals surface area (Å²) >= 11 is 0. The lowest BCUT2D eigenvalue weighted by Gasteiger charge is -2.12. The van der Waals surface area contributed by atoms with Gasteiger partial charge in [-0.3, -0.25) is 0 Å². The lowest BCUT2D eigenvalue weighted by atomic mass is 10.0. The van der Waals surface area contributed by atoms with E-state index in [0.717, 1.165) is 29.0 Å². The van der Waals surface area contributed by atoms with Gasteiger partial charge in [0.25, 0.3) is 0 Å². The van der Waals surface area contributed by atoms with Crippen LogP contribution in [-0.4, -0.2) is 24.3 Å². The van der Waals surface area contributed by atoms with Crippen LogP contribution >= 0.6 is 0 Å². The molecule has 1 saturated heterocycles. The highest BCUT2D eigenvalue weighted by Gasteiger charge is 2.23. The third-order valence-electron chi connectivity index (χ3n) is 3.00. The van der Waals surface area contributed by atoms with E-state index in [9.17, 15) is 4.39 Å². The molecule has 2 aromatic rings. The number of hydrogen-bond acceptors (Lipinski definition) is 3. The van der Waals surface area contributed by atoms with E-state index in [1.54, 1.807) is 6.07 Å². The minimum Gasteiger partial charge on any atom is -0.490 e. The van der Waals surface area contributed by atoms with Crippen LogP contribution < -0.4 is 4.74 Å². The molecule has 3 nitrogen and oxygen atoms in total. The molecule has 0 unspecified atom stereocenters. The fourth-order valence-electron chi connectivity index (χ4n) is 1.91. The largest absolute Gasteiger partial charge is 0.490 e. The first-order valence-electron chi connectivity index (χ1n) is 6.19. The van der Waals surface area contributed by atoms with Crippen molar-refractivity contribution in [2.45, 2.75) is 13.0 Å². The fraction of sp³-hybridized carbons (Fsp3) is 0.267. The molecule has 1 aromatic heterocycles. The van der Waals surface area contributed by atoms with Gasteiger partial charge in [0.15, 0.2) is 0 Å². The smallest absolute Gasteiger partial charge is 0.213 e. The zero-order chi connectivity index (χ0) is 13.2. The normalized spacial score (nSPS) is 17.3. The van der Waals surface area contributed by atoms with Crippen molar-refractivity contribution in [2.75, 3.05) is 13.2 Å². The molecule has 0 aliphatic carbocycles. The number of aryl methyl sites for hydroxylation is 1. The van der Waals surface area contributed by atoms with Crippen molar-refractivity contribution >= 4 is 0 Å². The van der Waals surface area contributed by atoms with E-state index in [4.69, 9.17) is 9.47 Å². The van der Waals surface area contributed by atoms with Crippen LogP contribution in [0, 0.1) is 12.9 Å². The number of rotatable bonds is 4. The first kappa shape index (κ1) is 12.1. The van der Waals surface area contributed by atoms with Gasteiger partial charge in [-0.05, 0) is 30.7 Å². The summed E-state index contributed by atoms with van der Waals surface area (Å²) in [4.78, 5) is 3.57. The molecule has 0 spiro atoms. The second-order valence-corrected chi connectivity index (χ2v) is 4.63. The molecule has 1 aliphatic heterocycles. The SMILES string of the molecule is Cc1ccc(OC[C@@H]2CO2)c(-c2ccnc(F)c2)c1. The van der Waals surface area contributed by atoms with E-state index in [-0.39, 0.29) is 6.10 Å². The van der Waals surface area contributed by atoms with Gasteiger partial charge in [-0.15, -0.1) is 0 Å². The Bertz CT molecular complexity index is 596. The average Bonchev–Trinajstić information content (AvgIpc) is 3.21. The Kier molecular flexibility index (Phi) is 3.17. The topological polar surface area (TPSA) is 34.6 Å². The zero-order valence-corrected chi connectivity index (χ0v) is 10.6. The monoisotopic (exact) mass is 259 g/mol. The maximum Gasteiger partial charge on any atom is 0.213 e. The predicted octanol–water partition coefficient (Wildman–Crippen LogP) is 2.97. The minimum absolute atomic E-state index is 0.198. The number of ether oxygens (including phenoxy) is 2. The van der Waals surface area contributed by atoms with Gasteiger partial charge in [-0.1, -0.05) is 11.6 Å². The highest BCUT2D eigenvalue weighted by molar-refractivity contribution is 5.70. The van der Waals surface area contributed by atoms with Gasteiger partial charge in [-0.2, -0.15) is 4.39 Å². The molecule has 1 atom stereocenters. The first-order chi connectivity index (χ1) is 9.22. The van der Waals surface area contributed by atoms with Crippen molar-refractivity contribution in [3.8, 4) is 16.9 Å². The molecular weight excluding hydrogens is 245 g/mol. The van der Waals surface area contributed by atoms with Crippen LogP contribution in [-0.2, 0) is 4.74 Å². The van der Waals surface area contributed by atoms with Crippen LogP contribution in [0.15, 0.2) is 36.5 Å². The number of nitrogens with zero attached hydrogens (tertiary/aromatic N) is 1. The molecule has 2 heterocycles. The molecule has 0 saturated carbocycles. The van der Waals surface area contributed by atoms with Crippen LogP contribution in [0.5, 0.6) is 5.75 Å². The number of pyridine rings is 1. The van der Waals surface area contributed by atoms with E-state index in [1.807, 2.05) is 25.1 Å². The minimum atomic E-state index is -0.490. The molecule has 0 amide bonds. The average molecular weight is 259 g/mol. The Labute approximate surface area is 111 Å². The highest BCUT2D eigenvalue weighted by Crippen LogP contribution is 2.31. The molecule has 4 heteroatoms. The molecule has 19 heavy (non-hydrogen) atoms. The van der Waals surface area contributed by atoms with Crippen LogP contribution in [0.1, 0.15) is 5.56 Å². The van der Waals surface area contributed by atoms with Gasteiger partial charge in [0.1, 0.15) is 18.5 Å². The molecule has 0 N–H and O–H groups in total. The Morgan fingerprint density at radius 1 is 1.37 bits per heavy atom. The van der Waals surface area contributed by atoms with Gasteiger partial charge in [0.2, 0.25) is 5.95 Å². The summed E-state index contributed by atoms with van der Waals surface area (Å²) in [6.45, 7) is 3.28. The van der Waals surface area contributed by atoms with Crippen molar-refractivity contribution in [1.82, 2.24) is 4.98 Å². The van der Waals surface area contributed by atoms with E-state index in [1.165, 1.54) is 12.3 Å². The maximum atomic E-state index is 13.2. The third kappa shape index (κ3) is 2.90. The standard InChI is InChI=1S/C15H14FNO2/c1-10-2-3-14(19-9-12-8-18-12)13(6-10)11-4-5-17-15(16)7-11/h2-7,12H,8-9H2,1H3/t12-/m0/s1. The highest BCUT2D eigenvalue weighted by atomic mass is 19.1. The van der Waals surface area contributed by atoms with Gasteiger partial charge in [0.05, 0.1) is 6.61 Å². The summed E-state index contributed by atoms with van der Waals surface area (Å²) in [5.74, 6) is 0.252. The van der Waals surface area contributed by atoms with Crippen LogP contribution in [0.3, 0.4) is 0 Å². The molecule has 0 bridgehead atoms. The van der Waals surface area contributed by atoms with Crippen molar-refractivity contribution in [3.05, 3.63) is 48.0 Å². The lowest BCUT2D eigenvalue weighted by Crippen LogP contribution is -2.05. The predicted molar refractivity (Wildman–Crippen MR) is 69.6 cm³/mol. The Balaban J connectivity index is 1.94. The van der Waals surface area contributed by atoms with E-state index in [0.29, 0.717) is 6.61 Å². The number of benzene rings is 1. The molecule has 98 valence electrons. The maximum absolute atomic E-state index is 13.2. The van der Waals surface area contributed by atoms with Gasteiger partial charge < -0.3 is 9.47 Å². The van der Waals surface area contributed by atoms with E-state index in [2.05, 4.69) is 4.98 Å². The number of aromatic nitrogens is 1. The van der Waals surface area contributed by atoms with Crippen molar-refractivity contribution in [1.29, 1.82) is 0 Å². The Morgan fingerprint density at radius 2 is 2.21 bits per heavy atom. The van der Waals surface area contributed by atoms with E-state index < -0.39 is 5.95 Å². The summed E-state index contributed by atoms with van der Waals surface area (Å²) in [5, 5.41) is 0. The van der Waals surface area contributed by atoms with E-state index >= 15 is 0 Å². The fourth-order valence-corrected chi connectivity index (χ4v) is 1.91. The number of halogens is 1. The van der Waals surface area contributed by atoms with Crippen LogP contribution in [0.25, 0.3) is 11.1 Å². The molecule has 0 radical (unpaired) electrons. The summed E-state index contributed by atoms with van der Waals surface area (Å²) in [5.41, 5.74) is 2.74.